The van der Waals surface area contributed by atoms with Crippen molar-refractivity contribution in [3.05, 3.63) is 36.0 Å². The Kier molecular flexibility index (Phi) is 4.25. The number of benzene rings is 1. The predicted molar refractivity (Wildman–Crippen MR) is 85.0 cm³/mol. The molecule has 1 saturated carbocycles. The quantitative estimate of drug-likeness (QED) is 0.807. The van der Waals surface area contributed by atoms with E-state index in [2.05, 4.69) is 16.4 Å². The van der Waals surface area contributed by atoms with Crippen LogP contribution in [0.15, 0.2) is 30.5 Å². The van der Waals surface area contributed by atoms with Crippen molar-refractivity contribution in [2.45, 2.75) is 50.6 Å². The zero-order valence-electron chi connectivity index (χ0n) is 12.3. The van der Waals surface area contributed by atoms with Crippen LogP contribution in [0.2, 0.25) is 0 Å². The van der Waals surface area contributed by atoms with Gasteiger partial charge in [-0.05, 0) is 30.9 Å². The molecule has 1 heterocycles. The second-order valence-electron chi connectivity index (χ2n) is 6.01. The molecule has 0 radical (unpaired) electrons. The van der Waals surface area contributed by atoms with Gasteiger partial charge in [0.2, 0.25) is 5.91 Å². The molecule has 4 N–H and O–H groups in total. The SMILES string of the molecule is N[C@H](Cc1c[nH]c2ccccc12)C(=O)NC1CCCCC1. The summed E-state index contributed by atoms with van der Waals surface area (Å²) in [4.78, 5) is 15.5. The number of carbonyl (C=O) groups excluding carboxylic acids is 1. The summed E-state index contributed by atoms with van der Waals surface area (Å²) < 4.78 is 0. The van der Waals surface area contributed by atoms with Crippen LogP contribution >= 0.6 is 0 Å². The van der Waals surface area contributed by atoms with Gasteiger partial charge in [-0.1, -0.05) is 37.5 Å². The number of hydrogen-bond acceptors (Lipinski definition) is 2. The Labute approximate surface area is 125 Å². The number of nitrogens with two attached hydrogens (primary N) is 1. The van der Waals surface area contributed by atoms with E-state index >= 15 is 0 Å². The van der Waals surface area contributed by atoms with Gasteiger partial charge in [0.15, 0.2) is 0 Å². The molecule has 1 aliphatic rings. The van der Waals surface area contributed by atoms with E-state index in [4.69, 9.17) is 5.73 Å². The molecule has 112 valence electrons. The number of aromatic nitrogens is 1. The first-order valence-corrected chi connectivity index (χ1v) is 7.85. The van der Waals surface area contributed by atoms with E-state index < -0.39 is 6.04 Å². The van der Waals surface area contributed by atoms with Crippen LogP contribution in [0.3, 0.4) is 0 Å². The topological polar surface area (TPSA) is 70.9 Å². The fourth-order valence-corrected chi connectivity index (χ4v) is 3.19. The normalized spacial score (nSPS) is 17.8. The molecule has 0 unspecified atom stereocenters. The van der Waals surface area contributed by atoms with Crippen molar-refractivity contribution in [2.24, 2.45) is 5.73 Å². The lowest BCUT2D eigenvalue weighted by molar-refractivity contribution is -0.123. The van der Waals surface area contributed by atoms with Crippen molar-refractivity contribution in [1.29, 1.82) is 0 Å². The minimum atomic E-state index is -0.480. The van der Waals surface area contributed by atoms with E-state index in [1.54, 1.807) is 0 Å². The average molecular weight is 285 g/mol. The first-order valence-electron chi connectivity index (χ1n) is 7.85. The van der Waals surface area contributed by atoms with Crippen LogP contribution < -0.4 is 11.1 Å². The molecule has 1 fully saturated rings. The minimum absolute atomic E-state index is 0.0211. The molecule has 0 aliphatic heterocycles. The zero-order valence-corrected chi connectivity index (χ0v) is 12.3. The first kappa shape index (κ1) is 14.1. The Hall–Kier alpha value is -1.81. The summed E-state index contributed by atoms with van der Waals surface area (Å²) in [6.45, 7) is 0. The summed E-state index contributed by atoms with van der Waals surface area (Å²) in [5, 5.41) is 4.26. The van der Waals surface area contributed by atoms with Crippen molar-refractivity contribution in [3.8, 4) is 0 Å². The first-order chi connectivity index (χ1) is 10.2. The number of nitrogens with one attached hydrogen (secondary N) is 2. The van der Waals surface area contributed by atoms with Gasteiger partial charge in [0.1, 0.15) is 0 Å². The largest absolute Gasteiger partial charge is 0.361 e. The number of H-pyrrole nitrogens is 1. The Morgan fingerprint density at radius 3 is 2.86 bits per heavy atom. The summed E-state index contributed by atoms with van der Waals surface area (Å²) in [5.41, 5.74) is 8.29. The van der Waals surface area contributed by atoms with Crippen molar-refractivity contribution in [2.75, 3.05) is 0 Å². The van der Waals surface area contributed by atoms with E-state index in [0.717, 1.165) is 29.3 Å². The second kappa shape index (κ2) is 6.31. The monoisotopic (exact) mass is 285 g/mol. The van der Waals surface area contributed by atoms with Crippen LogP contribution in [0.25, 0.3) is 10.9 Å². The highest BCUT2D eigenvalue weighted by atomic mass is 16.2. The molecule has 1 amide bonds. The van der Waals surface area contributed by atoms with Gasteiger partial charge in [0.25, 0.3) is 0 Å². The van der Waals surface area contributed by atoms with Gasteiger partial charge >= 0.3 is 0 Å². The maximum atomic E-state index is 12.2. The molecular weight excluding hydrogens is 262 g/mol. The van der Waals surface area contributed by atoms with Crippen LogP contribution in [0, 0.1) is 0 Å². The van der Waals surface area contributed by atoms with E-state index in [-0.39, 0.29) is 5.91 Å². The number of rotatable bonds is 4. The van der Waals surface area contributed by atoms with Crippen LogP contribution in [0.5, 0.6) is 0 Å². The Morgan fingerprint density at radius 2 is 2.05 bits per heavy atom. The van der Waals surface area contributed by atoms with Crippen LogP contribution in [-0.2, 0) is 11.2 Å². The van der Waals surface area contributed by atoms with Crippen LogP contribution in [-0.4, -0.2) is 23.0 Å². The molecule has 4 heteroatoms. The molecule has 1 aromatic heterocycles. The van der Waals surface area contributed by atoms with Gasteiger partial charge < -0.3 is 16.0 Å². The fourth-order valence-electron chi connectivity index (χ4n) is 3.19. The van der Waals surface area contributed by atoms with E-state index in [1.807, 2.05) is 24.4 Å². The number of fused-ring (bicyclic) bond motifs is 1. The zero-order chi connectivity index (χ0) is 14.7. The molecule has 0 bridgehead atoms. The third-order valence-electron chi connectivity index (χ3n) is 4.40. The number of amides is 1. The molecule has 2 aromatic rings. The van der Waals surface area contributed by atoms with Gasteiger partial charge in [0.05, 0.1) is 6.04 Å². The average Bonchev–Trinajstić information content (AvgIpc) is 2.91. The summed E-state index contributed by atoms with van der Waals surface area (Å²) in [6, 6.07) is 7.94. The van der Waals surface area contributed by atoms with E-state index in [9.17, 15) is 4.79 Å². The third-order valence-corrected chi connectivity index (χ3v) is 4.40. The standard InChI is InChI=1S/C17H23N3O/c18-15(17(21)20-13-6-2-1-3-7-13)10-12-11-19-16-9-5-4-8-14(12)16/h4-5,8-9,11,13,15,19H,1-3,6-7,10,18H2,(H,20,21)/t15-/m1/s1. The van der Waals surface area contributed by atoms with Gasteiger partial charge in [-0.15, -0.1) is 0 Å². The number of aromatic amines is 1. The molecule has 4 nitrogen and oxygen atoms in total. The molecule has 0 saturated heterocycles. The highest BCUT2D eigenvalue weighted by Crippen LogP contribution is 2.20. The fraction of sp³-hybridized carbons (Fsp3) is 0.471. The highest BCUT2D eigenvalue weighted by molar-refractivity contribution is 5.86. The maximum Gasteiger partial charge on any atom is 0.237 e. The lowest BCUT2D eigenvalue weighted by Gasteiger charge is -2.24. The summed E-state index contributed by atoms with van der Waals surface area (Å²) in [5.74, 6) is -0.0211. The van der Waals surface area contributed by atoms with Gasteiger partial charge in [-0.25, -0.2) is 0 Å². The van der Waals surface area contributed by atoms with E-state index in [0.29, 0.717) is 12.5 Å². The third kappa shape index (κ3) is 3.27. The van der Waals surface area contributed by atoms with E-state index in [1.165, 1.54) is 19.3 Å². The summed E-state index contributed by atoms with van der Waals surface area (Å²) in [7, 11) is 0. The summed E-state index contributed by atoms with van der Waals surface area (Å²) >= 11 is 0. The smallest absolute Gasteiger partial charge is 0.237 e. The van der Waals surface area contributed by atoms with Gasteiger partial charge in [-0.2, -0.15) is 0 Å². The molecule has 1 atom stereocenters. The molecule has 0 spiro atoms. The predicted octanol–water partition coefficient (Wildman–Crippen LogP) is 2.49. The molecule has 3 rings (SSSR count). The maximum absolute atomic E-state index is 12.2. The molecule has 21 heavy (non-hydrogen) atoms. The van der Waals surface area contributed by atoms with Crippen LogP contribution in [0.1, 0.15) is 37.7 Å². The lowest BCUT2D eigenvalue weighted by atomic mass is 9.95. The molecular formula is C17H23N3O. The Balaban J connectivity index is 1.62. The van der Waals surface area contributed by atoms with Crippen molar-refractivity contribution >= 4 is 16.8 Å². The summed E-state index contributed by atoms with van der Waals surface area (Å²) in [6.07, 6.45) is 8.41. The molecule has 1 aliphatic carbocycles. The number of hydrogen-bond donors (Lipinski definition) is 3. The highest BCUT2D eigenvalue weighted by Gasteiger charge is 2.20. The number of carbonyl (C=O) groups is 1. The molecule has 1 aromatic carbocycles. The van der Waals surface area contributed by atoms with Crippen LogP contribution in [0.4, 0.5) is 0 Å². The van der Waals surface area contributed by atoms with Gasteiger partial charge in [-0.3, -0.25) is 4.79 Å². The second-order valence-corrected chi connectivity index (χ2v) is 6.01. The van der Waals surface area contributed by atoms with Gasteiger partial charge in [0, 0.05) is 23.1 Å². The van der Waals surface area contributed by atoms with Crippen molar-refractivity contribution in [1.82, 2.24) is 10.3 Å². The number of para-hydroxylation sites is 1. The Bertz CT molecular complexity index is 613. The lowest BCUT2D eigenvalue weighted by Crippen LogP contribution is -2.46. The Morgan fingerprint density at radius 1 is 1.29 bits per heavy atom. The van der Waals surface area contributed by atoms with Crippen molar-refractivity contribution in [3.63, 3.8) is 0 Å². The minimum Gasteiger partial charge on any atom is -0.361 e. The van der Waals surface area contributed by atoms with Crippen molar-refractivity contribution < 1.29 is 4.79 Å².